The van der Waals surface area contributed by atoms with E-state index < -0.39 is 0 Å². The summed E-state index contributed by atoms with van der Waals surface area (Å²) < 4.78 is 2.50. The third kappa shape index (κ3) is 2.79. The van der Waals surface area contributed by atoms with Crippen LogP contribution >= 0.6 is 31.9 Å². The van der Waals surface area contributed by atoms with Crippen LogP contribution in [-0.2, 0) is 0 Å². The molecule has 0 radical (unpaired) electrons. The molecule has 0 aromatic rings. The number of halogens is 2. The van der Waals surface area contributed by atoms with Crippen LogP contribution in [0, 0.1) is 0 Å². The van der Waals surface area contributed by atoms with Gasteiger partial charge in [0.15, 0.2) is 12.0 Å². The maximum Gasteiger partial charge on any atom is 0.162 e. The van der Waals surface area contributed by atoms with E-state index in [1.165, 1.54) is 20.1 Å². The summed E-state index contributed by atoms with van der Waals surface area (Å²) in [6, 6.07) is 0. The Bertz CT molecular complexity index is 697. The molecular formula is C16H16Br2N4. The minimum absolute atomic E-state index is 0.0227. The topological polar surface area (TPSA) is 48.8 Å². The molecule has 0 spiro atoms. The minimum atomic E-state index is -0.0227. The second-order valence-corrected chi connectivity index (χ2v) is 7.79. The average Bonchev–Trinajstić information content (AvgIpc) is 3.07. The molecule has 1 fully saturated rings. The van der Waals surface area contributed by atoms with Gasteiger partial charge in [-0.25, -0.2) is 9.98 Å². The van der Waals surface area contributed by atoms with E-state index >= 15 is 0 Å². The summed E-state index contributed by atoms with van der Waals surface area (Å²) >= 11 is 7.08. The average molecular weight is 424 g/mol. The monoisotopic (exact) mass is 422 g/mol. The lowest BCUT2D eigenvalue weighted by molar-refractivity contribution is 0.569. The molecule has 22 heavy (non-hydrogen) atoms. The highest BCUT2D eigenvalue weighted by atomic mass is 79.9. The highest BCUT2D eigenvalue weighted by Gasteiger charge is 2.35. The SMILES string of the molecule is BrC1=CC=C(C2=NC3NC(C4=CC=C(Br)CC4)NC3=N2)CC1. The number of hydrogen-bond acceptors (Lipinski definition) is 4. The summed E-state index contributed by atoms with van der Waals surface area (Å²) in [5.74, 6) is 1.82. The first-order chi connectivity index (χ1) is 10.7. The second kappa shape index (κ2) is 5.91. The summed E-state index contributed by atoms with van der Waals surface area (Å²) in [6.07, 6.45) is 12.8. The molecule has 2 atom stereocenters. The Kier molecular flexibility index (Phi) is 3.92. The van der Waals surface area contributed by atoms with Gasteiger partial charge >= 0.3 is 0 Å². The number of fused-ring (bicyclic) bond motifs is 1. The van der Waals surface area contributed by atoms with Gasteiger partial charge in [-0.15, -0.1) is 0 Å². The molecule has 0 aromatic heterocycles. The lowest BCUT2D eigenvalue weighted by Gasteiger charge is -2.19. The molecule has 0 aromatic carbocycles. The van der Waals surface area contributed by atoms with Crippen LogP contribution in [0.1, 0.15) is 25.7 Å². The van der Waals surface area contributed by atoms with Crippen LogP contribution in [0.25, 0.3) is 0 Å². The van der Waals surface area contributed by atoms with Crippen LogP contribution in [0.4, 0.5) is 0 Å². The van der Waals surface area contributed by atoms with Crippen molar-refractivity contribution in [2.24, 2.45) is 9.98 Å². The van der Waals surface area contributed by atoms with Gasteiger partial charge in [0.25, 0.3) is 0 Å². The van der Waals surface area contributed by atoms with Crippen molar-refractivity contribution in [3.63, 3.8) is 0 Å². The molecule has 2 aliphatic carbocycles. The summed E-state index contributed by atoms with van der Waals surface area (Å²) in [5, 5.41) is 7.00. The summed E-state index contributed by atoms with van der Waals surface area (Å²) in [4.78, 5) is 9.42. The first kappa shape index (κ1) is 14.6. The molecule has 2 heterocycles. The van der Waals surface area contributed by atoms with Crippen LogP contribution in [0.2, 0.25) is 0 Å². The Morgan fingerprint density at radius 3 is 2.36 bits per heavy atom. The predicted molar refractivity (Wildman–Crippen MR) is 97.4 cm³/mol. The molecule has 0 amide bonds. The standard InChI is InChI=1S/C16H16Br2N4/c17-11-5-1-9(2-6-11)13-19-15-16(20-13)22-14(21-15)10-3-7-12(18)8-4-10/h1,3,5,7,13,15,19H,2,4,6,8H2,(H,20,21,22). The lowest BCUT2D eigenvalue weighted by atomic mass is 10.0. The van der Waals surface area contributed by atoms with E-state index in [-0.39, 0.29) is 12.3 Å². The van der Waals surface area contributed by atoms with Gasteiger partial charge < -0.3 is 5.32 Å². The Hall–Kier alpha value is -0.980. The van der Waals surface area contributed by atoms with Gasteiger partial charge in [-0.3, -0.25) is 5.32 Å². The molecule has 1 saturated heterocycles. The highest BCUT2D eigenvalue weighted by molar-refractivity contribution is 9.12. The molecule has 114 valence electrons. The zero-order valence-electron chi connectivity index (χ0n) is 11.9. The molecule has 6 heteroatoms. The van der Waals surface area contributed by atoms with Crippen LogP contribution in [0.5, 0.6) is 0 Å². The van der Waals surface area contributed by atoms with Crippen molar-refractivity contribution in [3.8, 4) is 0 Å². The second-order valence-electron chi connectivity index (χ2n) is 5.76. The highest BCUT2D eigenvalue weighted by Crippen LogP contribution is 2.28. The number of nitrogens with one attached hydrogen (secondary N) is 2. The van der Waals surface area contributed by atoms with Crippen molar-refractivity contribution in [1.82, 2.24) is 10.6 Å². The molecule has 4 rings (SSSR count). The van der Waals surface area contributed by atoms with E-state index in [0.29, 0.717) is 0 Å². The van der Waals surface area contributed by atoms with E-state index in [4.69, 9.17) is 4.99 Å². The largest absolute Gasteiger partial charge is 0.351 e. The van der Waals surface area contributed by atoms with E-state index in [2.05, 4.69) is 71.8 Å². The number of rotatable bonds is 2. The third-order valence-corrected chi connectivity index (χ3v) is 5.56. The molecule has 4 aliphatic rings. The number of amidine groups is 2. The van der Waals surface area contributed by atoms with Gasteiger partial charge in [-0.2, -0.15) is 0 Å². The predicted octanol–water partition coefficient (Wildman–Crippen LogP) is 3.64. The van der Waals surface area contributed by atoms with Gasteiger partial charge in [0.1, 0.15) is 12.0 Å². The fraction of sp³-hybridized carbons (Fsp3) is 0.375. The Balaban J connectivity index is 1.48. The first-order valence-electron chi connectivity index (χ1n) is 7.49. The maximum atomic E-state index is 4.73. The van der Waals surface area contributed by atoms with Gasteiger partial charge in [-0.05, 0) is 45.8 Å². The molecule has 0 bridgehead atoms. The molecular weight excluding hydrogens is 408 g/mol. The van der Waals surface area contributed by atoms with Crippen molar-refractivity contribution in [2.45, 2.75) is 38.0 Å². The summed E-state index contributed by atoms with van der Waals surface area (Å²) in [5.41, 5.74) is 2.58. The number of allylic oxidation sites excluding steroid dienone is 6. The van der Waals surface area contributed by atoms with Gasteiger partial charge in [0.2, 0.25) is 0 Å². The molecule has 2 aliphatic heterocycles. The maximum absolute atomic E-state index is 4.73. The number of aliphatic imine (C=N–C) groups is 2. The van der Waals surface area contributed by atoms with E-state index in [9.17, 15) is 0 Å². The Morgan fingerprint density at radius 1 is 0.955 bits per heavy atom. The van der Waals surface area contributed by atoms with Crippen LogP contribution in [0.3, 0.4) is 0 Å². The Labute approximate surface area is 146 Å². The van der Waals surface area contributed by atoms with Gasteiger partial charge in [0, 0.05) is 0 Å². The van der Waals surface area contributed by atoms with Gasteiger partial charge in [-0.1, -0.05) is 56.2 Å². The minimum Gasteiger partial charge on any atom is -0.351 e. The van der Waals surface area contributed by atoms with E-state index in [1.807, 2.05) is 0 Å². The molecule has 2 N–H and O–H groups in total. The fourth-order valence-corrected chi connectivity index (χ4v) is 3.64. The fourth-order valence-electron chi connectivity index (χ4n) is 2.98. The quantitative estimate of drug-likeness (QED) is 0.712. The first-order valence-corrected chi connectivity index (χ1v) is 9.07. The number of hydrogen-bond donors (Lipinski definition) is 2. The molecule has 0 saturated carbocycles. The smallest absolute Gasteiger partial charge is 0.162 e. The zero-order chi connectivity index (χ0) is 15.1. The third-order valence-electron chi connectivity index (χ3n) is 4.24. The lowest BCUT2D eigenvalue weighted by Crippen LogP contribution is -2.36. The van der Waals surface area contributed by atoms with Crippen LogP contribution in [-0.4, -0.2) is 24.0 Å². The van der Waals surface area contributed by atoms with Crippen molar-refractivity contribution in [2.75, 3.05) is 0 Å². The van der Waals surface area contributed by atoms with Crippen molar-refractivity contribution >= 4 is 43.5 Å². The zero-order valence-corrected chi connectivity index (χ0v) is 15.1. The molecule has 2 unspecified atom stereocenters. The molecule has 4 nitrogen and oxygen atoms in total. The van der Waals surface area contributed by atoms with Crippen molar-refractivity contribution < 1.29 is 0 Å². The Morgan fingerprint density at radius 2 is 1.73 bits per heavy atom. The van der Waals surface area contributed by atoms with Crippen molar-refractivity contribution in [1.29, 1.82) is 0 Å². The summed E-state index contributed by atoms with van der Waals surface area (Å²) in [6.45, 7) is 0. The van der Waals surface area contributed by atoms with E-state index in [1.54, 1.807) is 0 Å². The van der Waals surface area contributed by atoms with E-state index in [0.717, 1.165) is 37.4 Å². The van der Waals surface area contributed by atoms with Crippen molar-refractivity contribution in [3.05, 3.63) is 44.4 Å². The van der Waals surface area contributed by atoms with Crippen LogP contribution in [0.15, 0.2) is 54.4 Å². The normalized spacial score (nSPS) is 30.5. The van der Waals surface area contributed by atoms with Crippen LogP contribution < -0.4 is 10.6 Å². The van der Waals surface area contributed by atoms with Gasteiger partial charge in [0.05, 0.1) is 0 Å². The number of nitrogens with zero attached hydrogens (tertiary/aromatic N) is 2. The summed E-state index contributed by atoms with van der Waals surface area (Å²) in [7, 11) is 0.